The number of benzene rings is 2. The number of amides is 1. The Balaban J connectivity index is 1.33. The molecule has 2 aliphatic rings. The average molecular weight is 387 g/mol. The van der Waals surface area contributed by atoms with Crippen LogP contribution < -0.4 is 9.47 Å². The Morgan fingerprint density at radius 2 is 1.74 bits per heavy atom. The lowest BCUT2D eigenvalue weighted by atomic mass is 10.0. The van der Waals surface area contributed by atoms with Crippen molar-refractivity contribution in [2.75, 3.05) is 33.0 Å². The molecule has 2 heterocycles. The van der Waals surface area contributed by atoms with Gasteiger partial charge in [-0.1, -0.05) is 29.8 Å². The third-order valence-corrected chi connectivity index (χ3v) is 5.61. The molecular formula is C21H23ClN2O3. The van der Waals surface area contributed by atoms with Gasteiger partial charge in [-0.2, -0.15) is 0 Å². The van der Waals surface area contributed by atoms with Gasteiger partial charge in [0.05, 0.1) is 6.42 Å². The molecule has 1 fully saturated rings. The van der Waals surface area contributed by atoms with Crippen molar-refractivity contribution >= 4 is 17.5 Å². The Hall–Kier alpha value is -2.24. The predicted molar refractivity (Wildman–Crippen MR) is 104 cm³/mol. The lowest BCUT2D eigenvalue weighted by molar-refractivity contribution is -0.132. The molecule has 0 aliphatic carbocycles. The van der Waals surface area contributed by atoms with E-state index < -0.39 is 0 Å². The molecule has 2 aliphatic heterocycles. The molecule has 6 heteroatoms. The Bertz CT molecular complexity index is 817. The van der Waals surface area contributed by atoms with E-state index in [1.54, 1.807) is 0 Å². The number of halogens is 1. The van der Waals surface area contributed by atoms with Gasteiger partial charge in [0.2, 0.25) is 12.7 Å². The van der Waals surface area contributed by atoms with Crippen molar-refractivity contribution in [1.29, 1.82) is 0 Å². The summed E-state index contributed by atoms with van der Waals surface area (Å²) in [6, 6.07) is 13.9. The minimum absolute atomic E-state index is 0.174. The zero-order valence-corrected chi connectivity index (χ0v) is 16.1. The largest absolute Gasteiger partial charge is 0.454 e. The fraction of sp³-hybridized carbons (Fsp3) is 0.381. The quantitative estimate of drug-likeness (QED) is 0.806. The number of carbonyl (C=O) groups excluding carboxylic acids is 1. The monoisotopic (exact) mass is 386 g/mol. The van der Waals surface area contributed by atoms with Crippen LogP contribution in [0.4, 0.5) is 0 Å². The molecule has 2 aromatic rings. The summed E-state index contributed by atoms with van der Waals surface area (Å²) in [5.41, 5.74) is 2.21. The molecule has 1 unspecified atom stereocenters. The van der Waals surface area contributed by atoms with Gasteiger partial charge in [0, 0.05) is 37.2 Å². The summed E-state index contributed by atoms with van der Waals surface area (Å²) in [7, 11) is 0. The van der Waals surface area contributed by atoms with Gasteiger partial charge in [0.15, 0.2) is 11.5 Å². The number of hydrogen-bond donors (Lipinski definition) is 0. The van der Waals surface area contributed by atoms with Crippen LogP contribution in [-0.2, 0) is 11.2 Å². The molecule has 5 nitrogen and oxygen atoms in total. The number of nitrogens with zero attached hydrogens (tertiary/aromatic N) is 2. The molecule has 0 N–H and O–H groups in total. The Morgan fingerprint density at radius 3 is 2.48 bits per heavy atom. The highest BCUT2D eigenvalue weighted by Crippen LogP contribution is 2.35. The zero-order chi connectivity index (χ0) is 18.8. The van der Waals surface area contributed by atoms with Gasteiger partial charge in [0.25, 0.3) is 0 Å². The minimum atomic E-state index is 0.174. The summed E-state index contributed by atoms with van der Waals surface area (Å²) in [6.07, 6.45) is 0.425. The second-order valence-corrected chi connectivity index (χ2v) is 7.45. The van der Waals surface area contributed by atoms with E-state index in [0.717, 1.165) is 43.2 Å². The summed E-state index contributed by atoms with van der Waals surface area (Å²) >= 11 is 5.91. The van der Waals surface area contributed by atoms with E-state index in [1.807, 2.05) is 35.2 Å². The Morgan fingerprint density at radius 1 is 1.04 bits per heavy atom. The van der Waals surface area contributed by atoms with E-state index in [-0.39, 0.29) is 11.9 Å². The first-order chi connectivity index (χ1) is 13.1. The summed E-state index contributed by atoms with van der Waals surface area (Å²) in [5.74, 6) is 1.80. The summed E-state index contributed by atoms with van der Waals surface area (Å²) < 4.78 is 10.9. The summed E-state index contributed by atoms with van der Waals surface area (Å²) in [6.45, 7) is 5.72. The first-order valence-corrected chi connectivity index (χ1v) is 9.64. The molecule has 27 heavy (non-hydrogen) atoms. The fourth-order valence-corrected chi connectivity index (χ4v) is 3.76. The van der Waals surface area contributed by atoms with Crippen LogP contribution in [0, 0.1) is 0 Å². The van der Waals surface area contributed by atoms with Gasteiger partial charge in [-0.05, 0) is 42.3 Å². The number of ether oxygens (including phenoxy) is 2. The minimum Gasteiger partial charge on any atom is -0.454 e. The van der Waals surface area contributed by atoms with E-state index in [1.165, 1.54) is 5.56 Å². The maximum atomic E-state index is 12.6. The van der Waals surface area contributed by atoms with E-state index in [9.17, 15) is 4.79 Å². The first kappa shape index (κ1) is 18.1. The molecule has 1 atom stereocenters. The van der Waals surface area contributed by atoms with Gasteiger partial charge in [-0.3, -0.25) is 9.69 Å². The van der Waals surface area contributed by atoms with Crippen molar-refractivity contribution in [1.82, 2.24) is 9.80 Å². The predicted octanol–water partition coefficient (Wildman–Crippen LogP) is 3.52. The van der Waals surface area contributed by atoms with Crippen molar-refractivity contribution in [2.24, 2.45) is 0 Å². The molecular weight excluding hydrogens is 364 g/mol. The van der Waals surface area contributed by atoms with Crippen LogP contribution in [0.25, 0.3) is 0 Å². The Labute approximate surface area is 164 Å². The molecule has 1 amide bonds. The van der Waals surface area contributed by atoms with Crippen LogP contribution in [0.3, 0.4) is 0 Å². The fourth-order valence-electron chi connectivity index (χ4n) is 3.63. The molecule has 1 saturated heterocycles. The van der Waals surface area contributed by atoms with Crippen LogP contribution in [-0.4, -0.2) is 48.7 Å². The number of hydrogen-bond acceptors (Lipinski definition) is 4. The number of piperazine rings is 1. The number of carbonyl (C=O) groups is 1. The van der Waals surface area contributed by atoms with E-state index in [4.69, 9.17) is 21.1 Å². The lowest BCUT2D eigenvalue weighted by Gasteiger charge is -2.38. The van der Waals surface area contributed by atoms with Crippen LogP contribution in [0.15, 0.2) is 42.5 Å². The molecule has 142 valence electrons. The van der Waals surface area contributed by atoms with E-state index in [0.29, 0.717) is 18.2 Å². The molecule has 0 bridgehead atoms. The lowest BCUT2D eigenvalue weighted by Crippen LogP contribution is -2.49. The molecule has 0 aromatic heterocycles. The summed E-state index contributed by atoms with van der Waals surface area (Å²) in [4.78, 5) is 16.9. The summed E-state index contributed by atoms with van der Waals surface area (Å²) in [5, 5.41) is 0.692. The SMILES string of the molecule is CC(c1ccc2c(c1)OCO2)N1CCN(C(=O)Cc2ccc(Cl)cc2)CC1. The van der Waals surface area contributed by atoms with Crippen molar-refractivity contribution < 1.29 is 14.3 Å². The molecule has 0 radical (unpaired) electrons. The van der Waals surface area contributed by atoms with E-state index >= 15 is 0 Å². The molecule has 2 aromatic carbocycles. The molecule has 4 rings (SSSR count). The maximum Gasteiger partial charge on any atom is 0.231 e. The standard InChI is InChI=1S/C21H23ClN2O3/c1-15(17-4-7-19-20(13-17)27-14-26-19)23-8-10-24(11-9-23)21(25)12-16-2-5-18(22)6-3-16/h2-7,13,15H,8-12,14H2,1H3. The highest BCUT2D eigenvalue weighted by Gasteiger charge is 2.26. The van der Waals surface area contributed by atoms with Crippen LogP contribution in [0.5, 0.6) is 11.5 Å². The second kappa shape index (κ2) is 7.79. The third kappa shape index (κ3) is 4.04. The van der Waals surface area contributed by atoms with Gasteiger partial charge >= 0.3 is 0 Å². The average Bonchev–Trinajstić information content (AvgIpc) is 3.17. The second-order valence-electron chi connectivity index (χ2n) is 7.01. The third-order valence-electron chi connectivity index (χ3n) is 5.36. The number of fused-ring (bicyclic) bond motifs is 1. The normalized spacial score (nSPS) is 17.8. The first-order valence-electron chi connectivity index (χ1n) is 9.26. The molecule has 0 saturated carbocycles. The highest BCUT2D eigenvalue weighted by molar-refractivity contribution is 6.30. The Kier molecular flexibility index (Phi) is 5.23. The van der Waals surface area contributed by atoms with Gasteiger partial charge in [-0.15, -0.1) is 0 Å². The van der Waals surface area contributed by atoms with Gasteiger partial charge < -0.3 is 14.4 Å². The van der Waals surface area contributed by atoms with Crippen molar-refractivity contribution in [3.63, 3.8) is 0 Å². The van der Waals surface area contributed by atoms with E-state index in [2.05, 4.69) is 24.0 Å². The van der Waals surface area contributed by atoms with Crippen LogP contribution in [0.2, 0.25) is 5.02 Å². The van der Waals surface area contributed by atoms with Gasteiger partial charge in [-0.25, -0.2) is 0 Å². The van der Waals surface area contributed by atoms with Crippen molar-refractivity contribution in [3.8, 4) is 11.5 Å². The highest BCUT2D eigenvalue weighted by atomic mass is 35.5. The number of rotatable bonds is 4. The van der Waals surface area contributed by atoms with Crippen molar-refractivity contribution in [2.45, 2.75) is 19.4 Å². The van der Waals surface area contributed by atoms with Gasteiger partial charge in [0.1, 0.15) is 0 Å². The smallest absolute Gasteiger partial charge is 0.231 e. The van der Waals surface area contributed by atoms with Crippen LogP contribution in [0.1, 0.15) is 24.1 Å². The maximum absolute atomic E-state index is 12.6. The molecule has 0 spiro atoms. The van der Waals surface area contributed by atoms with Crippen LogP contribution >= 0.6 is 11.6 Å². The van der Waals surface area contributed by atoms with Crippen molar-refractivity contribution in [3.05, 3.63) is 58.6 Å². The zero-order valence-electron chi connectivity index (χ0n) is 15.4. The topological polar surface area (TPSA) is 42.0 Å².